The third kappa shape index (κ3) is 3.02. The lowest BCUT2D eigenvalue weighted by Crippen LogP contribution is -2.56. The lowest BCUT2D eigenvalue weighted by molar-refractivity contribution is -0.109. The van der Waals surface area contributed by atoms with Crippen molar-refractivity contribution in [2.75, 3.05) is 36.1 Å². The third-order valence-corrected chi connectivity index (χ3v) is 6.85. The van der Waals surface area contributed by atoms with Crippen molar-refractivity contribution in [3.63, 3.8) is 0 Å². The van der Waals surface area contributed by atoms with Crippen LogP contribution in [0.4, 0.5) is 11.5 Å². The maximum absolute atomic E-state index is 12.2. The molecule has 156 valence electrons. The second-order valence-corrected chi connectivity index (χ2v) is 8.64. The van der Waals surface area contributed by atoms with Gasteiger partial charge in [0.1, 0.15) is 12.3 Å². The van der Waals surface area contributed by atoms with E-state index >= 15 is 0 Å². The van der Waals surface area contributed by atoms with Crippen molar-refractivity contribution < 1.29 is 9.53 Å². The number of nitrogens with one attached hydrogen (secondary N) is 1. The fraction of sp³-hybridized carbons (Fsp3) is 0.261. The van der Waals surface area contributed by atoms with Gasteiger partial charge in [0.15, 0.2) is 11.6 Å². The molecule has 1 saturated heterocycles. The molecule has 2 aliphatic rings. The van der Waals surface area contributed by atoms with Crippen LogP contribution >= 0.6 is 11.3 Å². The summed E-state index contributed by atoms with van der Waals surface area (Å²) in [6.07, 6.45) is 4.82. The van der Waals surface area contributed by atoms with Crippen LogP contribution in [0.3, 0.4) is 0 Å². The standard InChI is InChI=1S/C23H21N5O2S/c29-12-21(15-5-9-31-14-15)28-11-16-13-30-8-7-27(16)23-20(28)10-25-22(26-23)18-2-1-3-19-17(18)4-6-24-19/h1-6,9-10,12,14,16,21,24H,7-8,11,13H2. The molecule has 2 atom stereocenters. The molecule has 5 heterocycles. The Kier molecular flexibility index (Phi) is 4.47. The van der Waals surface area contributed by atoms with Crippen LogP contribution in [-0.2, 0) is 9.53 Å². The fourth-order valence-corrected chi connectivity index (χ4v) is 5.33. The van der Waals surface area contributed by atoms with Gasteiger partial charge in [-0.05, 0) is 34.5 Å². The van der Waals surface area contributed by atoms with E-state index in [-0.39, 0.29) is 12.1 Å². The largest absolute Gasteiger partial charge is 0.377 e. The van der Waals surface area contributed by atoms with E-state index in [9.17, 15) is 4.79 Å². The van der Waals surface area contributed by atoms with Crippen LogP contribution in [-0.4, -0.2) is 53.6 Å². The van der Waals surface area contributed by atoms with Gasteiger partial charge in [0, 0.05) is 35.8 Å². The number of hydrogen-bond donors (Lipinski definition) is 1. The topological polar surface area (TPSA) is 74.3 Å². The minimum atomic E-state index is -0.364. The van der Waals surface area contributed by atoms with Gasteiger partial charge in [0.05, 0.1) is 31.1 Å². The number of rotatable bonds is 4. The summed E-state index contributed by atoms with van der Waals surface area (Å²) in [4.78, 5) is 29.6. The monoisotopic (exact) mass is 431 g/mol. The number of H-pyrrole nitrogens is 1. The molecule has 1 aromatic carbocycles. The molecular weight excluding hydrogens is 410 g/mol. The highest BCUT2D eigenvalue weighted by Gasteiger charge is 2.38. The van der Waals surface area contributed by atoms with Gasteiger partial charge in [-0.1, -0.05) is 12.1 Å². The van der Waals surface area contributed by atoms with Crippen molar-refractivity contribution >= 4 is 40.0 Å². The number of anilines is 2. The number of benzene rings is 1. The number of aromatic amines is 1. The van der Waals surface area contributed by atoms with Gasteiger partial charge in [0.25, 0.3) is 0 Å². The van der Waals surface area contributed by atoms with Crippen molar-refractivity contribution in [1.82, 2.24) is 15.0 Å². The molecule has 2 unspecified atom stereocenters. The number of aldehydes is 1. The summed E-state index contributed by atoms with van der Waals surface area (Å²) in [5.41, 5.74) is 3.94. The van der Waals surface area contributed by atoms with E-state index in [1.165, 1.54) is 0 Å². The number of carbonyl (C=O) groups is 1. The Morgan fingerprint density at radius 2 is 2.26 bits per heavy atom. The number of ether oxygens (including phenoxy) is 1. The van der Waals surface area contributed by atoms with E-state index in [2.05, 4.69) is 26.9 Å². The Morgan fingerprint density at radius 3 is 3.13 bits per heavy atom. The molecule has 0 spiro atoms. The molecule has 4 aromatic rings. The normalized spacial score (nSPS) is 19.2. The first kappa shape index (κ1) is 18.5. The van der Waals surface area contributed by atoms with Gasteiger partial charge < -0.3 is 24.3 Å². The smallest absolute Gasteiger partial charge is 0.162 e. The van der Waals surface area contributed by atoms with Gasteiger partial charge in [-0.15, -0.1) is 0 Å². The quantitative estimate of drug-likeness (QED) is 0.497. The molecule has 0 bridgehead atoms. The highest BCUT2D eigenvalue weighted by Crippen LogP contribution is 2.40. The zero-order valence-electron chi connectivity index (χ0n) is 16.8. The van der Waals surface area contributed by atoms with E-state index < -0.39 is 0 Å². The Morgan fingerprint density at radius 1 is 1.29 bits per heavy atom. The summed E-state index contributed by atoms with van der Waals surface area (Å²) in [5, 5.41) is 5.13. The summed E-state index contributed by atoms with van der Waals surface area (Å²) < 4.78 is 5.77. The molecule has 0 amide bonds. The van der Waals surface area contributed by atoms with Crippen LogP contribution in [0.25, 0.3) is 22.3 Å². The number of fused-ring (bicyclic) bond motifs is 4. The maximum atomic E-state index is 12.2. The first-order valence-corrected chi connectivity index (χ1v) is 11.3. The number of nitrogens with zero attached hydrogens (tertiary/aromatic N) is 4. The molecule has 8 heteroatoms. The van der Waals surface area contributed by atoms with Gasteiger partial charge in [0.2, 0.25) is 0 Å². The first-order valence-electron chi connectivity index (χ1n) is 10.4. The van der Waals surface area contributed by atoms with Crippen molar-refractivity contribution in [3.8, 4) is 11.4 Å². The number of hydrogen-bond acceptors (Lipinski definition) is 7. The second-order valence-electron chi connectivity index (χ2n) is 7.86. The van der Waals surface area contributed by atoms with Gasteiger partial charge >= 0.3 is 0 Å². The Balaban J connectivity index is 1.49. The summed E-state index contributed by atoms with van der Waals surface area (Å²) >= 11 is 1.60. The summed E-state index contributed by atoms with van der Waals surface area (Å²) in [6, 6.07) is 9.96. The minimum Gasteiger partial charge on any atom is -0.377 e. The molecule has 31 heavy (non-hydrogen) atoms. The van der Waals surface area contributed by atoms with Crippen LogP contribution < -0.4 is 9.80 Å². The Labute approximate surface area is 183 Å². The number of morpholine rings is 1. The predicted molar refractivity (Wildman–Crippen MR) is 122 cm³/mol. The average molecular weight is 432 g/mol. The van der Waals surface area contributed by atoms with Crippen LogP contribution in [0.5, 0.6) is 0 Å². The number of aromatic nitrogens is 3. The molecule has 1 fully saturated rings. The number of carbonyl (C=O) groups excluding carboxylic acids is 1. The second kappa shape index (κ2) is 7.47. The summed E-state index contributed by atoms with van der Waals surface area (Å²) in [7, 11) is 0. The molecule has 0 saturated carbocycles. The first-order chi connectivity index (χ1) is 15.3. The summed E-state index contributed by atoms with van der Waals surface area (Å²) in [6.45, 7) is 2.77. The molecule has 0 aliphatic carbocycles. The SMILES string of the molecule is O=CC(c1ccsc1)N1CC2COCCN2c2nc(-c3cccc4[nH]ccc34)ncc21. The molecule has 6 rings (SSSR count). The molecule has 0 radical (unpaired) electrons. The lowest BCUT2D eigenvalue weighted by Gasteiger charge is -2.47. The molecule has 2 aliphatic heterocycles. The molecule has 3 aromatic heterocycles. The summed E-state index contributed by atoms with van der Waals surface area (Å²) in [5.74, 6) is 1.56. The van der Waals surface area contributed by atoms with Gasteiger partial charge in [-0.25, -0.2) is 9.97 Å². The van der Waals surface area contributed by atoms with E-state index in [0.29, 0.717) is 25.6 Å². The molecular formula is C23H21N5O2S. The van der Waals surface area contributed by atoms with Crippen LogP contribution in [0.2, 0.25) is 0 Å². The zero-order valence-corrected chi connectivity index (χ0v) is 17.6. The third-order valence-electron chi connectivity index (χ3n) is 6.15. The van der Waals surface area contributed by atoms with Crippen LogP contribution in [0.15, 0.2) is 53.5 Å². The van der Waals surface area contributed by atoms with Crippen LogP contribution in [0.1, 0.15) is 11.6 Å². The minimum absolute atomic E-state index is 0.146. The van der Waals surface area contributed by atoms with E-state index in [1.807, 2.05) is 41.4 Å². The van der Waals surface area contributed by atoms with Crippen molar-refractivity contribution in [3.05, 3.63) is 59.0 Å². The molecule has 7 nitrogen and oxygen atoms in total. The van der Waals surface area contributed by atoms with E-state index in [0.717, 1.165) is 46.4 Å². The highest BCUT2D eigenvalue weighted by atomic mass is 32.1. The average Bonchev–Trinajstić information content (AvgIpc) is 3.51. The van der Waals surface area contributed by atoms with Gasteiger partial charge in [-0.2, -0.15) is 11.3 Å². The maximum Gasteiger partial charge on any atom is 0.162 e. The van der Waals surface area contributed by atoms with E-state index in [1.54, 1.807) is 11.3 Å². The van der Waals surface area contributed by atoms with E-state index in [4.69, 9.17) is 14.7 Å². The molecule has 1 N–H and O–H groups in total. The van der Waals surface area contributed by atoms with Crippen molar-refractivity contribution in [2.24, 2.45) is 0 Å². The number of thiophene rings is 1. The zero-order chi connectivity index (χ0) is 20.8. The van der Waals surface area contributed by atoms with Crippen molar-refractivity contribution in [2.45, 2.75) is 12.1 Å². The Hall–Kier alpha value is -3.23. The predicted octanol–water partition coefficient (Wildman–Crippen LogP) is 3.65. The van der Waals surface area contributed by atoms with Crippen LogP contribution in [0, 0.1) is 0 Å². The fourth-order valence-electron chi connectivity index (χ4n) is 4.64. The van der Waals surface area contributed by atoms with Crippen molar-refractivity contribution in [1.29, 1.82) is 0 Å². The van der Waals surface area contributed by atoms with Gasteiger partial charge in [-0.3, -0.25) is 0 Å². The highest BCUT2D eigenvalue weighted by molar-refractivity contribution is 7.08. The lowest BCUT2D eigenvalue weighted by atomic mass is 10.0. The Bertz CT molecular complexity index is 1240.